The van der Waals surface area contributed by atoms with Gasteiger partial charge in [-0.15, -0.1) is 0 Å². The van der Waals surface area contributed by atoms with Gasteiger partial charge in [0.1, 0.15) is 0 Å². The van der Waals surface area contributed by atoms with Crippen LogP contribution < -0.4 is 5.73 Å². The summed E-state index contributed by atoms with van der Waals surface area (Å²) in [5.41, 5.74) is 5.92. The van der Waals surface area contributed by atoms with Crippen molar-refractivity contribution in [1.29, 1.82) is 0 Å². The maximum atomic E-state index is 5.92. The minimum absolute atomic E-state index is 0.458. The SMILES string of the molecule is CC(N)C(C1CC1)C1CC1. The van der Waals surface area contributed by atoms with E-state index in [1.807, 2.05) is 0 Å². The minimum Gasteiger partial charge on any atom is -0.328 e. The summed E-state index contributed by atoms with van der Waals surface area (Å²) in [7, 11) is 0. The molecule has 0 aromatic carbocycles. The summed E-state index contributed by atoms with van der Waals surface area (Å²) >= 11 is 0. The molecular formula is C9H17N. The monoisotopic (exact) mass is 139 g/mol. The second-order valence-electron chi connectivity index (χ2n) is 4.11. The van der Waals surface area contributed by atoms with Gasteiger partial charge in [-0.05, 0) is 50.4 Å². The lowest BCUT2D eigenvalue weighted by atomic mass is 9.91. The number of nitrogens with two attached hydrogens (primary N) is 1. The average molecular weight is 139 g/mol. The first-order valence-electron chi connectivity index (χ1n) is 4.54. The molecule has 0 heterocycles. The van der Waals surface area contributed by atoms with Crippen molar-refractivity contribution in [3.8, 4) is 0 Å². The summed E-state index contributed by atoms with van der Waals surface area (Å²) in [4.78, 5) is 0. The van der Waals surface area contributed by atoms with Gasteiger partial charge in [-0.2, -0.15) is 0 Å². The van der Waals surface area contributed by atoms with Crippen molar-refractivity contribution < 1.29 is 0 Å². The van der Waals surface area contributed by atoms with E-state index in [1.54, 1.807) is 0 Å². The van der Waals surface area contributed by atoms with E-state index < -0.39 is 0 Å². The van der Waals surface area contributed by atoms with Crippen LogP contribution in [0.4, 0.5) is 0 Å². The Balaban J connectivity index is 1.92. The molecule has 0 amide bonds. The Hall–Kier alpha value is -0.0400. The van der Waals surface area contributed by atoms with Gasteiger partial charge in [0, 0.05) is 6.04 Å². The fourth-order valence-corrected chi connectivity index (χ4v) is 2.21. The Morgan fingerprint density at radius 2 is 1.50 bits per heavy atom. The Morgan fingerprint density at radius 1 is 1.10 bits per heavy atom. The molecule has 58 valence electrons. The van der Waals surface area contributed by atoms with E-state index in [0.717, 1.165) is 17.8 Å². The highest BCUT2D eigenvalue weighted by atomic mass is 14.7. The van der Waals surface area contributed by atoms with Crippen molar-refractivity contribution in [3.63, 3.8) is 0 Å². The molecule has 2 saturated carbocycles. The zero-order chi connectivity index (χ0) is 7.14. The Kier molecular flexibility index (Phi) is 1.48. The molecule has 2 rings (SSSR count). The molecule has 1 heteroatoms. The Labute approximate surface area is 63.0 Å². The smallest absolute Gasteiger partial charge is 0.00440 e. The third-order valence-electron chi connectivity index (χ3n) is 2.94. The van der Waals surface area contributed by atoms with E-state index in [-0.39, 0.29) is 0 Å². The zero-order valence-corrected chi connectivity index (χ0v) is 6.72. The highest BCUT2D eigenvalue weighted by molar-refractivity contribution is 4.94. The highest BCUT2D eigenvalue weighted by Crippen LogP contribution is 2.50. The summed E-state index contributed by atoms with van der Waals surface area (Å²) in [5, 5.41) is 0. The van der Waals surface area contributed by atoms with Crippen molar-refractivity contribution in [2.24, 2.45) is 23.5 Å². The minimum atomic E-state index is 0.458. The van der Waals surface area contributed by atoms with E-state index in [4.69, 9.17) is 5.73 Å². The summed E-state index contributed by atoms with van der Waals surface area (Å²) in [6.07, 6.45) is 5.84. The van der Waals surface area contributed by atoms with Gasteiger partial charge in [-0.1, -0.05) is 0 Å². The molecule has 0 spiro atoms. The van der Waals surface area contributed by atoms with Gasteiger partial charge in [0.05, 0.1) is 0 Å². The molecule has 0 radical (unpaired) electrons. The molecule has 0 aromatic rings. The van der Waals surface area contributed by atoms with Crippen LogP contribution in [0.15, 0.2) is 0 Å². The molecule has 2 aliphatic rings. The van der Waals surface area contributed by atoms with Gasteiger partial charge in [-0.25, -0.2) is 0 Å². The summed E-state index contributed by atoms with van der Waals surface area (Å²) in [6.45, 7) is 2.18. The summed E-state index contributed by atoms with van der Waals surface area (Å²) < 4.78 is 0. The van der Waals surface area contributed by atoms with Crippen LogP contribution in [0.5, 0.6) is 0 Å². The third kappa shape index (κ3) is 1.20. The first kappa shape index (κ1) is 6.66. The third-order valence-corrected chi connectivity index (χ3v) is 2.94. The maximum Gasteiger partial charge on any atom is 0.00440 e. The second kappa shape index (κ2) is 2.23. The fourth-order valence-electron chi connectivity index (χ4n) is 2.21. The van der Waals surface area contributed by atoms with Gasteiger partial charge in [0.15, 0.2) is 0 Å². The second-order valence-corrected chi connectivity index (χ2v) is 4.11. The first-order chi connectivity index (χ1) is 4.79. The molecule has 1 unspecified atom stereocenters. The average Bonchev–Trinajstić information content (AvgIpc) is 2.49. The number of hydrogen-bond donors (Lipinski definition) is 1. The van der Waals surface area contributed by atoms with E-state index in [0.29, 0.717) is 6.04 Å². The lowest BCUT2D eigenvalue weighted by Gasteiger charge is -2.19. The molecule has 2 aliphatic carbocycles. The van der Waals surface area contributed by atoms with Crippen molar-refractivity contribution >= 4 is 0 Å². The topological polar surface area (TPSA) is 26.0 Å². The van der Waals surface area contributed by atoms with Crippen molar-refractivity contribution in [3.05, 3.63) is 0 Å². The number of rotatable bonds is 3. The molecule has 0 aliphatic heterocycles. The first-order valence-corrected chi connectivity index (χ1v) is 4.54. The van der Waals surface area contributed by atoms with E-state index in [2.05, 4.69) is 6.92 Å². The predicted molar refractivity (Wildman–Crippen MR) is 42.6 cm³/mol. The molecule has 0 saturated heterocycles. The molecule has 2 N–H and O–H groups in total. The van der Waals surface area contributed by atoms with Crippen LogP contribution >= 0.6 is 0 Å². The van der Waals surface area contributed by atoms with Gasteiger partial charge in [-0.3, -0.25) is 0 Å². The molecule has 0 aromatic heterocycles. The standard InChI is InChI=1S/C9H17N/c1-6(10)9(7-2-3-7)8-4-5-8/h6-9H,2-5,10H2,1H3. The van der Waals surface area contributed by atoms with Crippen LogP contribution in [0.25, 0.3) is 0 Å². The molecule has 2 fully saturated rings. The lowest BCUT2D eigenvalue weighted by molar-refractivity contribution is 0.346. The van der Waals surface area contributed by atoms with Gasteiger partial charge in [0.2, 0.25) is 0 Å². The van der Waals surface area contributed by atoms with Crippen LogP contribution in [-0.2, 0) is 0 Å². The van der Waals surface area contributed by atoms with Gasteiger partial charge in [0.25, 0.3) is 0 Å². The van der Waals surface area contributed by atoms with E-state index in [9.17, 15) is 0 Å². The molecule has 1 nitrogen and oxygen atoms in total. The van der Waals surface area contributed by atoms with Crippen LogP contribution in [0.1, 0.15) is 32.6 Å². The molecular weight excluding hydrogens is 122 g/mol. The zero-order valence-electron chi connectivity index (χ0n) is 6.72. The van der Waals surface area contributed by atoms with Crippen LogP contribution in [0, 0.1) is 17.8 Å². The van der Waals surface area contributed by atoms with Crippen molar-refractivity contribution in [2.45, 2.75) is 38.6 Å². The normalized spacial score (nSPS) is 29.1. The maximum absolute atomic E-state index is 5.92. The lowest BCUT2D eigenvalue weighted by Crippen LogP contribution is -2.29. The largest absolute Gasteiger partial charge is 0.328 e. The Morgan fingerprint density at radius 3 is 1.70 bits per heavy atom. The van der Waals surface area contributed by atoms with Crippen LogP contribution in [-0.4, -0.2) is 6.04 Å². The van der Waals surface area contributed by atoms with Gasteiger partial charge < -0.3 is 5.73 Å². The van der Waals surface area contributed by atoms with Crippen molar-refractivity contribution in [2.75, 3.05) is 0 Å². The summed E-state index contributed by atoms with van der Waals surface area (Å²) in [6, 6.07) is 0.458. The quantitative estimate of drug-likeness (QED) is 0.633. The van der Waals surface area contributed by atoms with Crippen LogP contribution in [0.3, 0.4) is 0 Å². The number of hydrogen-bond acceptors (Lipinski definition) is 1. The molecule has 10 heavy (non-hydrogen) atoms. The Bertz CT molecular complexity index is 108. The van der Waals surface area contributed by atoms with Crippen LogP contribution in [0.2, 0.25) is 0 Å². The summed E-state index contributed by atoms with van der Waals surface area (Å²) in [5.74, 6) is 2.93. The molecule has 0 bridgehead atoms. The fraction of sp³-hybridized carbons (Fsp3) is 1.00. The predicted octanol–water partition coefficient (Wildman–Crippen LogP) is 1.77. The van der Waals surface area contributed by atoms with Gasteiger partial charge >= 0.3 is 0 Å². The molecule has 1 atom stereocenters. The van der Waals surface area contributed by atoms with E-state index >= 15 is 0 Å². The van der Waals surface area contributed by atoms with E-state index in [1.165, 1.54) is 25.7 Å². The highest BCUT2D eigenvalue weighted by Gasteiger charge is 2.42. The van der Waals surface area contributed by atoms with Crippen molar-refractivity contribution in [1.82, 2.24) is 0 Å².